The second kappa shape index (κ2) is 7.87. The van der Waals surface area contributed by atoms with Crippen LogP contribution in [0.4, 0.5) is 0 Å². The standard InChI is InChI=1S/C15H19ClN4OS/c16-15-14(17-18-22-15)12-20-8-6-19(7-9-20)10-11-21-13-4-2-1-3-5-13/h1-5H,6-12H2. The molecule has 1 aromatic carbocycles. The van der Waals surface area contributed by atoms with Crippen molar-refractivity contribution >= 4 is 23.1 Å². The summed E-state index contributed by atoms with van der Waals surface area (Å²) in [6.07, 6.45) is 0. The van der Waals surface area contributed by atoms with E-state index in [1.807, 2.05) is 30.3 Å². The van der Waals surface area contributed by atoms with Gasteiger partial charge in [0.1, 0.15) is 22.4 Å². The van der Waals surface area contributed by atoms with E-state index in [9.17, 15) is 0 Å². The lowest BCUT2D eigenvalue weighted by Crippen LogP contribution is -2.47. The Hall–Kier alpha value is -1.21. The fourth-order valence-electron chi connectivity index (χ4n) is 2.48. The Morgan fingerprint density at radius 2 is 1.82 bits per heavy atom. The first-order valence-corrected chi connectivity index (χ1v) is 8.56. The molecule has 0 amide bonds. The number of para-hydroxylation sites is 1. The molecule has 0 saturated carbocycles. The maximum absolute atomic E-state index is 6.05. The van der Waals surface area contributed by atoms with Crippen molar-refractivity contribution in [1.82, 2.24) is 19.4 Å². The molecule has 0 N–H and O–H groups in total. The van der Waals surface area contributed by atoms with Gasteiger partial charge in [0.05, 0.1) is 0 Å². The van der Waals surface area contributed by atoms with Crippen molar-refractivity contribution in [3.63, 3.8) is 0 Å². The lowest BCUT2D eigenvalue weighted by atomic mass is 10.3. The minimum atomic E-state index is 0.707. The number of halogens is 1. The molecule has 0 spiro atoms. The molecule has 7 heteroatoms. The minimum absolute atomic E-state index is 0.707. The van der Waals surface area contributed by atoms with E-state index in [0.29, 0.717) is 4.34 Å². The Labute approximate surface area is 139 Å². The van der Waals surface area contributed by atoms with Crippen LogP contribution in [-0.2, 0) is 6.54 Å². The first-order chi connectivity index (χ1) is 10.8. The zero-order chi connectivity index (χ0) is 15.2. The van der Waals surface area contributed by atoms with Crippen molar-refractivity contribution in [3.05, 3.63) is 40.4 Å². The highest BCUT2D eigenvalue weighted by Gasteiger charge is 2.18. The lowest BCUT2D eigenvalue weighted by molar-refractivity contribution is 0.111. The minimum Gasteiger partial charge on any atom is -0.492 e. The van der Waals surface area contributed by atoms with Crippen LogP contribution in [0.3, 0.4) is 0 Å². The highest BCUT2D eigenvalue weighted by atomic mass is 35.5. The van der Waals surface area contributed by atoms with Crippen LogP contribution in [0, 0.1) is 0 Å². The first-order valence-electron chi connectivity index (χ1n) is 7.40. The molecule has 1 aliphatic heterocycles. The summed E-state index contributed by atoms with van der Waals surface area (Å²) in [6, 6.07) is 9.96. The van der Waals surface area contributed by atoms with Gasteiger partial charge < -0.3 is 4.74 Å². The van der Waals surface area contributed by atoms with E-state index in [0.717, 1.165) is 57.3 Å². The molecule has 1 fully saturated rings. The first kappa shape index (κ1) is 15.7. The summed E-state index contributed by atoms with van der Waals surface area (Å²) in [5.74, 6) is 0.937. The monoisotopic (exact) mass is 338 g/mol. The normalized spacial score (nSPS) is 16.8. The van der Waals surface area contributed by atoms with Crippen LogP contribution in [0.15, 0.2) is 30.3 Å². The molecule has 0 radical (unpaired) electrons. The van der Waals surface area contributed by atoms with Gasteiger partial charge >= 0.3 is 0 Å². The molecule has 1 aromatic heterocycles. The molecule has 2 heterocycles. The maximum atomic E-state index is 6.05. The second-order valence-corrected chi connectivity index (χ2v) is 6.63. The maximum Gasteiger partial charge on any atom is 0.138 e. The van der Waals surface area contributed by atoms with Gasteiger partial charge in [0.2, 0.25) is 0 Å². The molecule has 1 aliphatic rings. The summed E-state index contributed by atoms with van der Waals surface area (Å²) in [4.78, 5) is 4.80. The Kier molecular flexibility index (Phi) is 5.61. The summed E-state index contributed by atoms with van der Waals surface area (Å²) in [5.41, 5.74) is 0.896. The van der Waals surface area contributed by atoms with Crippen LogP contribution in [0.2, 0.25) is 4.34 Å². The second-order valence-electron chi connectivity index (χ2n) is 5.27. The SMILES string of the molecule is Clc1snnc1CN1CCN(CCOc2ccccc2)CC1. The molecule has 22 heavy (non-hydrogen) atoms. The Morgan fingerprint density at radius 3 is 2.50 bits per heavy atom. The van der Waals surface area contributed by atoms with Crippen molar-refractivity contribution in [3.8, 4) is 5.75 Å². The molecule has 1 saturated heterocycles. The van der Waals surface area contributed by atoms with Crippen molar-refractivity contribution in [1.29, 1.82) is 0 Å². The lowest BCUT2D eigenvalue weighted by Gasteiger charge is -2.34. The van der Waals surface area contributed by atoms with Crippen LogP contribution in [-0.4, -0.2) is 58.7 Å². The number of benzene rings is 1. The molecule has 118 valence electrons. The number of nitrogens with zero attached hydrogens (tertiary/aromatic N) is 4. The molecule has 0 unspecified atom stereocenters. The molecule has 3 rings (SSSR count). The number of ether oxygens (including phenoxy) is 1. The van der Waals surface area contributed by atoms with Crippen molar-refractivity contribution in [2.75, 3.05) is 39.3 Å². The van der Waals surface area contributed by atoms with Crippen LogP contribution < -0.4 is 4.74 Å². The molecule has 0 aliphatic carbocycles. The van der Waals surface area contributed by atoms with Gasteiger partial charge in [-0.05, 0) is 12.1 Å². The summed E-state index contributed by atoms with van der Waals surface area (Å²) < 4.78 is 10.3. The van der Waals surface area contributed by atoms with Crippen LogP contribution >= 0.6 is 23.1 Å². The highest BCUT2D eigenvalue weighted by Crippen LogP contribution is 2.19. The zero-order valence-electron chi connectivity index (χ0n) is 12.3. The van der Waals surface area contributed by atoms with Gasteiger partial charge in [-0.3, -0.25) is 9.80 Å². The third kappa shape index (κ3) is 4.39. The van der Waals surface area contributed by atoms with Crippen molar-refractivity contribution in [2.24, 2.45) is 0 Å². The smallest absolute Gasteiger partial charge is 0.138 e. The summed E-state index contributed by atoms with van der Waals surface area (Å²) in [5, 5.41) is 4.07. The number of hydrogen-bond acceptors (Lipinski definition) is 6. The van der Waals surface area contributed by atoms with Gasteiger partial charge in [-0.1, -0.05) is 34.3 Å². The Morgan fingerprint density at radius 1 is 1.09 bits per heavy atom. The zero-order valence-corrected chi connectivity index (χ0v) is 13.9. The third-order valence-electron chi connectivity index (χ3n) is 3.77. The largest absolute Gasteiger partial charge is 0.492 e. The average Bonchev–Trinajstić information content (AvgIpc) is 2.95. The molecule has 5 nitrogen and oxygen atoms in total. The molecular formula is C15H19ClN4OS. The summed E-state index contributed by atoms with van der Waals surface area (Å²) in [6.45, 7) is 6.64. The third-order valence-corrected chi connectivity index (χ3v) is 4.75. The van der Waals surface area contributed by atoms with E-state index in [-0.39, 0.29) is 0 Å². The van der Waals surface area contributed by atoms with Crippen LogP contribution in [0.25, 0.3) is 0 Å². The van der Waals surface area contributed by atoms with Crippen LogP contribution in [0.1, 0.15) is 5.69 Å². The van der Waals surface area contributed by atoms with Gasteiger partial charge in [0.25, 0.3) is 0 Å². The van der Waals surface area contributed by atoms with E-state index in [1.54, 1.807) is 0 Å². The number of aromatic nitrogens is 2. The predicted molar refractivity (Wildman–Crippen MR) is 88.6 cm³/mol. The van der Waals surface area contributed by atoms with E-state index >= 15 is 0 Å². The number of rotatable bonds is 6. The Balaban J connectivity index is 1.36. The number of hydrogen-bond donors (Lipinski definition) is 0. The van der Waals surface area contributed by atoms with E-state index in [2.05, 4.69) is 19.4 Å². The van der Waals surface area contributed by atoms with Gasteiger partial charge in [-0.15, -0.1) is 5.10 Å². The van der Waals surface area contributed by atoms with Crippen LogP contribution in [0.5, 0.6) is 5.75 Å². The predicted octanol–water partition coefficient (Wildman–Crippen LogP) is 2.39. The van der Waals surface area contributed by atoms with Gasteiger partial charge in [-0.25, -0.2) is 0 Å². The van der Waals surface area contributed by atoms with Gasteiger partial charge in [0.15, 0.2) is 0 Å². The molecule has 2 aromatic rings. The highest BCUT2D eigenvalue weighted by molar-refractivity contribution is 7.10. The van der Waals surface area contributed by atoms with E-state index < -0.39 is 0 Å². The quantitative estimate of drug-likeness (QED) is 0.809. The van der Waals surface area contributed by atoms with E-state index in [1.165, 1.54) is 11.5 Å². The summed E-state index contributed by atoms with van der Waals surface area (Å²) in [7, 11) is 0. The molecule has 0 atom stereocenters. The topological polar surface area (TPSA) is 41.5 Å². The fraction of sp³-hybridized carbons (Fsp3) is 0.467. The molecular weight excluding hydrogens is 320 g/mol. The van der Waals surface area contributed by atoms with Gasteiger partial charge in [-0.2, -0.15) is 0 Å². The fourth-order valence-corrected chi connectivity index (χ4v) is 3.10. The molecule has 0 bridgehead atoms. The Bertz CT molecular complexity index is 572. The number of piperazine rings is 1. The van der Waals surface area contributed by atoms with Crippen molar-refractivity contribution < 1.29 is 4.74 Å². The van der Waals surface area contributed by atoms with Crippen molar-refractivity contribution in [2.45, 2.75) is 6.54 Å². The van der Waals surface area contributed by atoms with E-state index in [4.69, 9.17) is 16.3 Å². The van der Waals surface area contributed by atoms with Gasteiger partial charge in [0, 0.05) is 50.8 Å². The summed E-state index contributed by atoms with van der Waals surface area (Å²) >= 11 is 7.31. The average molecular weight is 339 g/mol.